The van der Waals surface area contributed by atoms with Crippen molar-refractivity contribution in [3.8, 4) is 0 Å². The first-order valence-electron chi connectivity index (χ1n) is 7.20. The van der Waals surface area contributed by atoms with Gasteiger partial charge in [-0.25, -0.2) is 4.79 Å². The van der Waals surface area contributed by atoms with Crippen molar-refractivity contribution < 1.29 is 9.22 Å². The van der Waals surface area contributed by atoms with Crippen LogP contribution in [0.3, 0.4) is 0 Å². The van der Waals surface area contributed by atoms with Gasteiger partial charge in [-0.05, 0) is 22.5 Å². The topological polar surface area (TPSA) is 26.3 Å². The van der Waals surface area contributed by atoms with Crippen LogP contribution in [0.15, 0.2) is 12.2 Å². The van der Waals surface area contributed by atoms with E-state index in [0.717, 1.165) is 6.42 Å². The molecule has 0 aromatic rings. The Morgan fingerprint density at radius 3 is 1.74 bits per heavy atom. The lowest BCUT2D eigenvalue weighted by atomic mass is 10.2. The van der Waals surface area contributed by atoms with Crippen molar-refractivity contribution in [2.24, 2.45) is 0 Å². The van der Waals surface area contributed by atoms with Crippen LogP contribution in [-0.2, 0) is 9.22 Å². The second-order valence-electron chi connectivity index (χ2n) is 7.71. The van der Waals surface area contributed by atoms with Crippen LogP contribution in [0.25, 0.3) is 0 Å². The minimum absolute atomic E-state index is 0.00815. The van der Waals surface area contributed by atoms with E-state index in [2.05, 4.69) is 62.0 Å². The molecular weight excluding hydrogens is 252 g/mol. The molecule has 0 aliphatic carbocycles. The highest BCUT2D eigenvalue weighted by Crippen LogP contribution is 2.58. The number of carbonyl (C=O) groups excluding carboxylic acids is 1. The third kappa shape index (κ3) is 3.50. The van der Waals surface area contributed by atoms with Crippen LogP contribution >= 0.6 is 0 Å². The third-order valence-corrected chi connectivity index (χ3v) is 10.9. The lowest BCUT2D eigenvalue weighted by molar-refractivity contribution is -0.131. The van der Waals surface area contributed by atoms with Crippen LogP contribution in [-0.4, -0.2) is 14.3 Å². The lowest BCUT2D eigenvalue weighted by Crippen LogP contribution is -2.58. The first kappa shape index (κ1) is 18.4. The zero-order valence-corrected chi connectivity index (χ0v) is 15.3. The first-order chi connectivity index (χ1) is 8.31. The molecule has 0 saturated carbocycles. The molecule has 2 nitrogen and oxygen atoms in total. The molecule has 0 radical (unpaired) electrons. The van der Waals surface area contributed by atoms with Crippen LogP contribution in [0.5, 0.6) is 0 Å². The van der Waals surface area contributed by atoms with Gasteiger partial charge in [-0.3, -0.25) is 0 Å². The minimum atomic E-state index is -2.34. The summed E-state index contributed by atoms with van der Waals surface area (Å²) in [6.45, 7) is 23.1. The molecule has 3 heteroatoms. The van der Waals surface area contributed by atoms with Gasteiger partial charge in [0.25, 0.3) is 8.32 Å². The van der Waals surface area contributed by atoms with Gasteiger partial charge in [0, 0.05) is 5.57 Å². The van der Waals surface area contributed by atoms with Crippen LogP contribution in [0.4, 0.5) is 0 Å². The highest BCUT2D eigenvalue weighted by molar-refractivity contribution is 6.82. The largest absolute Gasteiger partial charge is 0.514 e. The van der Waals surface area contributed by atoms with Gasteiger partial charge < -0.3 is 4.43 Å². The van der Waals surface area contributed by atoms with Gasteiger partial charge in [-0.15, -0.1) is 0 Å². The Balaban J connectivity index is 5.94. The second-order valence-corrected chi connectivity index (χ2v) is 13.4. The summed E-state index contributed by atoms with van der Waals surface area (Å²) in [5.74, 6) is -0.225. The molecule has 1 atom stereocenters. The molecule has 0 rings (SSSR count). The predicted molar refractivity (Wildman–Crippen MR) is 85.8 cm³/mol. The van der Waals surface area contributed by atoms with E-state index in [4.69, 9.17) is 4.43 Å². The van der Waals surface area contributed by atoms with Crippen molar-refractivity contribution in [3.05, 3.63) is 12.2 Å². The monoisotopic (exact) mass is 284 g/mol. The molecule has 19 heavy (non-hydrogen) atoms. The second kappa shape index (κ2) is 5.82. The number of hydrogen-bond donors (Lipinski definition) is 0. The molecule has 0 heterocycles. The summed E-state index contributed by atoms with van der Waals surface area (Å²) in [4.78, 5) is 12.2. The summed E-state index contributed by atoms with van der Waals surface area (Å²) in [5.41, 5.74) is 0.907. The maximum atomic E-state index is 12.2. The maximum absolute atomic E-state index is 12.2. The molecule has 0 N–H and O–H groups in total. The van der Waals surface area contributed by atoms with E-state index in [1.165, 1.54) is 0 Å². The zero-order chi connectivity index (χ0) is 15.6. The average molecular weight is 285 g/mol. The van der Waals surface area contributed by atoms with Gasteiger partial charge in [0.2, 0.25) is 0 Å². The van der Waals surface area contributed by atoms with Crippen molar-refractivity contribution >= 4 is 14.3 Å². The fraction of sp³-hybridized carbons (Fsp3) is 0.812. The van der Waals surface area contributed by atoms with E-state index in [-0.39, 0.29) is 16.0 Å². The van der Waals surface area contributed by atoms with Crippen molar-refractivity contribution in [1.29, 1.82) is 0 Å². The smallest absolute Gasteiger partial charge is 0.319 e. The Labute approximate surface area is 120 Å². The molecule has 0 aliphatic heterocycles. The van der Waals surface area contributed by atoms with Crippen LogP contribution < -0.4 is 0 Å². The number of rotatable bonds is 4. The number of hydrogen-bond acceptors (Lipinski definition) is 2. The van der Waals surface area contributed by atoms with E-state index in [1.54, 1.807) is 6.92 Å². The Bertz CT molecular complexity index is 331. The minimum Gasteiger partial charge on any atom is -0.514 e. The Morgan fingerprint density at radius 2 is 1.53 bits per heavy atom. The molecule has 0 aromatic heterocycles. The van der Waals surface area contributed by atoms with Gasteiger partial charge in [-0.2, -0.15) is 0 Å². The van der Waals surface area contributed by atoms with Crippen molar-refractivity contribution in [2.45, 2.75) is 84.4 Å². The summed E-state index contributed by atoms with van der Waals surface area (Å²) in [6.07, 6.45) is 1.03. The van der Waals surface area contributed by atoms with E-state index >= 15 is 0 Å². The fourth-order valence-corrected chi connectivity index (χ4v) is 10.6. The molecule has 0 amide bonds. The lowest BCUT2D eigenvalue weighted by Gasteiger charge is -2.53. The summed E-state index contributed by atoms with van der Waals surface area (Å²) in [7, 11) is -2.34. The SMILES string of the molecule is C=C(C)C(=O)O[Si](C(C)CC)(C(C)(C)C)C(C)(C)C. The summed E-state index contributed by atoms with van der Waals surface area (Å²) >= 11 is 0. The van der Waals surface area contributed by atoms with Gasteiger partial charge in [0.15, 0.2) is 0 Å². The molecule has 0 fully saturated rings. The van der Waals surface area contributed by atoms with Gasteiger partial charge in [-0.1, -0.05) is 68.4 Å². The van der Waals surface area contributed by atoms with Crippen LogP contribution in [0.1, 0.15) is 68.7 Å². The Morgan fingerprint density at radius 1 is 1.16 bits per heavy atom. The van der Waals surface area contributed by atoms with Gasteiger partial charge >= 0.3 is 5.97 Å². The van der Waals surface area contributed by atoms with Gasteiger partial charge in [0.05, 0.1) is 0 Å². The highest BCUT2D eigenvalue weighted by Gasteiger charge is 2.60. The summed E-state index contributed by atoms with van der Waals surface area (Å²) in [5, 5.41) is -0.0163. The molecule has 0 spiro atoms. The van der Waals surface area contributed by atoms with E-state index < -0.39 is 8.32 Å². The summed E-state index contributed by atoms with van der Waals surface area (Å²) < 4.78 is 6.18. The average Bonchev–Trinajstić information content (AvgIpc) is 2.20. The first-order valence-corrected chi connectivity index (χ1v) is 9.18. The highest BCUT2D eigenvalue weighted by atomic mass is 28.4. The molecule has 0 aliphatic rings. The predicted octanol–water partition coefficient (Wildman–Crippen LogP) is 5.45. The van der Waals surface area contributed by atoms with Gasteiger partial charge in [0.1, 0.15) is 0 Å². The van der Waals surface area contributed by atoms with Crippen molar-refractivity contribution in [1.82, 2.24) is 0 Å². The normalized spacial score (nSPS) is 15.0. The molecule has 0 bridgehead atoms. The van der Waals surface area contributed by atoms with Crippen LogP contribution in [0.2, 0.25) is 15.6 Å². The molecule has 0 aromatic carbocycles. The molecule has 112 valence electrons. The Hall–Kier alpha value is -0.573. The van der Waals surface area contributed by atoms with E-state index in [9.17, 15) is 4.79 Å². The maximum Gasteiger partial charge on any atom is 0.319 e. The fourth-order valence-electron chi connectivity index (χ4n) is 3.53. The van der Waals surface area contributed by atoms with Crippen molar-refractivity contribution in [2.75, 3.05) is 0 Å². The standard InChI is InChI=1S/C16H32O2Si/c1-11-13(4)19(15(5,6)7,16(8,9)10)18-14(17)12(2)3/h13H,2,11H2,1,3-10H3. The molecular formula is C16H32O2Si. The number of carbonyl (C=O) groups is 1. The quantitative estimate of drug-likeness (QED) is 0.507. The van der Waals surface area contributed by atoms with Crippen molar-refractivity contribution in [3.63, 3.8) is 0 Å². The Kier molecular flexibility index (Phi) is 5.64. The molecule has 0 saturated heterocycles. The molecule has 1 unspecified atom stereocenters. The summed E-state index contributed by atoms with van der Waals surface area (Å²) in [6, 6.07) is 0. The third-order valence-electron chi connectivity index (χ3n) is 4.14. The van der Waals surface area contributed by atoms with E-state index in [0.29, 0.717) is 11.1 Å². The zero-order valence-electron chi connectivity index (χ0n) is 14.3. The van der Waals surface area contributed by atoms with Crippen LogP contribution in [0, 0.1) is 0 Å². The van der Waals surface area contributed by atoms with E-state index in [1.807, 2.05) is 0 Å².